The van der Waals surface area contributed by atoms with Crippen LogP contribution in [0.5, 0.6) is 0 Å². The number of ether oxygens (including phenoxy) is 1. The van der Waals surface area contributed by atoms with E-state index in [1.54, 1.807) is 7.11 Å². The van der Waals surface area contributed by atoms with Gasteiger partial charge in [0.15, 0.2) is 0 Å². The number of methoxy groups -OCH3 is 1. The first-order chi connectivity index (χ1) is 9.71. The van der Waals surface area contributed by atoms with Crippen LogP contribution >= 0.6 is 0 Å². The molecule has 0 amide bonds. The molecule has 0 aliphatic rings. The molecule has 1 atom stereocenters. The molecular formula is C15H25FN2O2. The molecule has 0 fully saturated rings. The first-order valence-corrected chi connectivity index (χ1v) is 6.96. The van der Waals surface area contributed by atoms with E-state index in [1.165, 1.54) is 12.1 Å². The lowest BCUT2D eigenvalue weighted by Crippen LogP contribution is -2.33. The summed E-state index contributed by atoms with van der Waals surface area (Å²) in [5.74, 6) is -0.217. The number of rotatable bonds is 10. The van der Waals surface area contributed by atoms with Gasteiger partial charge >= 0.3 is 0 Å². The quantitative estimate of drug-likeness (QED) is 0.682. The summed E-state index contributed by atoms with van der Waals surface area (Å²) >= 11 is 0. The first kappa shape index (κ1) is 17.0. The van der Waals surface area contributed by atoms with E-state index in [0.717, 1.165) is 25.1 Å². The standard InChI is InChI=1S/C15H25FN2O2/c1-17-15(13-3-5-14(16)6-4-13)7-8-18(9-11-19)10-12-20-2/h3-6,15,17,19H,7-12H2,1-2H3. The summed E-state index contributed by atoms with van der Waals surface area (Å²) in [7, 11) is 3.58. The third kappa shape index (κ3) is 5.96. The maximum atomic E-state index is 12.9. The van der Waals surface area contributed by atoms with Crippen LogP contribution in [-0.4, -0.2) is 57.0 Å². The van der Waals surface area contributed by atoms with Gasteiger partial charge in [0.25, 0.3) is 0 Å². The highest BCUT2D eigenvalue weighted by molar-refractivity contribution is 5.19. The Morgan fingerprint density at radius 2 is 1.95 bits per heavy atom. The minimum atomic E-state index is -0.217. The van der Waals surface area contributed by atoms with Gasteiger partial charge in [0.2, 0.25) is 0 Å². The van der Waals surface area contributed by atoms with Crippen LogP contribution in [-0.2, 0) is 4.74 Å². The van der Waals surface area contributed by atoms with Gasteiger partial charge in [0.1, 0.15) is 5.82 Å². The van der Waals surface area contributed by atoms with Crippen LogP contribution in [0.25, 0.3) is 0 Å². The van der Waals surface area contributed by atoms with E-state index in [9.17, 15) is 4.39 Å². The van der Waals surface area contributed by atoms with Gasteiger partial charge in [-0.1, -0.05) is 12.1 Å². The van der Waals surface area contributed by atoms with Crippen LogP contribution < -0.4 is 5.32 Å². The Kier molecular flexibility index (Phi) is 8.37. The SMILES string of the molecule is CNC(CCN(CCO)CCOC)c1ccc(F)cc1. The molecule has 1 aromatic rings. The van der Waals surface area contributed by atoms with Crippen LogP contribution in [0.4, 0.5) is 4.39 Å². The normalized spacial score (nSPS) is 12.8. The summed E-state index contributed by atoms with van der Waals surface area (Å²) < 4.78 is 18.0. The number of aliphatic hydroxyl groups excluding tert-OH is 1. The van der Waals surface area contributed by atoms with Crippen LogP contribution in [0, 0.1) is 5.82 Å². The summed E-state index contributed by atoms with van der Waals surface area (Å²) in [6, 6.07) is 6.76. The predicted octanol–water partition coefficient (Wildman–Crippen LogP) is 1.42. The fourth-order valence-electron chi connectivity index (χ4n) is 2.18. The van der Waals surface area contributed by atoms with Gasteiger partial charge in [-0.15, -0.1) is 0 Å². The zero-order chi connectivity index (χ0) is 14.8. The molecule has 4 nitrogen and oxygen atoms in total. The summed E-state index contributed by atoms with van der Waals surface area (Å²) in [6.07, 6.45) is 0.895. The van der Waals surface area contributed by atoms with Gasteiger partial charge in [-0.3, -0.25) is 4.90 Å². The third-order valence-electron chi connectivity index (χ3n) is 3.38. The molecule has 0 saturated carbocycles. The number of aliphatic hydroxyl groups is 1. The molecule has 0 spiro atoms. The minimum Gasteiger partial charge on any atom is -0.395 e. The van der Waals surface area contributed by atoms with E-state index >= 15 is 0 Å². The number of halogens is 1. The fourth-order valence-corrected chi connectivity index (χ4v) is 2.18. The molecule has 1 unspecified atom stereocenters. The highest BCUT2D eigenvalue weighted by atomic mass is 19.1. The van der Waals surface area contributed by atoms with E-state index < -0.39 is 0 Å². The van der Waals surface area contributed by atoms with Gasteiger partial charge in [-0.2, -0.15) is 0 Å². The predicted molar refractivity (Wildman–Crippen MR) is 78.2 cm³/mol. The van der Waals surface area contributed by atoms with Crippen molar-refractivity contribution in [3.63, 3.8) is 0 Å². The van der Waals surface area contributed by atoms with Gasteiger partial charge < -0.3 is 15.2 Å². The molecule has 0 heterocycles. The van der Waals surface area contributed by atoms with E-state index in [0.29, 0.717) is 13.2 Å². The molecule has 1 aromatic carbocycles. The Morgan fingerprint density at radius 1 is 1.25 bits per heavy atom. The van der Waals surface area contributed by atoms with E-state index in [4.69, 9.17) is 9.84 Å². The number of hydrogen-bond donors (Lipinski definition) is 2. The Hall–Kier alpha value is -1.01. The topological polar surface area (TPSA) is 44.7 Å². The average Bonchev–Trinajstić information content (AvgIpc) is 2.47. The second kappa shape index (κ2) is 9.83. The van der Waals surface area contributed by atoms with E-state index in [2.05, 4.69) is 10.2 Å². The lowest BCUT2D eigenvalue weighted by Gasteiger charge is -2.24. The van der Waals surface area contributed by atoms with Crippen molar-refractivity contribution in [1.29, 1.82) is 0 Å². The second-order valence-electron chi connectivity index (χ2n) is 4.74. The van der Waals surface area contributed by atoms with Gasteiger partial charge in [-0.05, 0) is 31.2 Å². The molecule has 0 aliphatic carbocycles. The van der Waals surface area contributed by atoms with Crippen molar-refractivity contribution in [1.82, 2.24) is 10.2 Å². The second-order valence-corrected chi connectivity index (χ2v) is 4.74. The van der Waals surface area contributed by atoms with E-state index in [1.807, 2.05) is 19.2 Å². The molecule has 2 N–H and O–H groups in total. The monoisotopic (exact) mass is 284 g/mol. The molecule has 1 rings (SSSR count). The largest absolute Gasteiger partial charge is 0.395 e. The van der Waals surface area contributed by atoms with Gasteiger partial charge in [0, 0.05) is 32.8 Å². The summed E-state index contributed by atoms with van der Waals surface area (Å²) in [6.45, 7) is 3.10. The zero-order valence-electron chi connectivity index (χ0n) is 12.3. The van der Waals surface area contributed by atoms with Crippen LogP contribution in [0.2, 0.25) is 0 Å². The molecule has 0 aliphatic heterocycles. The molecule has 0 bridgehead atoms. The molecule has 5 heteroatoms. The summed E-state index contributed by atoms with van der Waals surface area (Å²) in [4.78, 5) is 2.16. The number of nitrogens with one attached hydrogen (secondary N) is 1. The molecule has 114 valence electrons. The highest BCUT2D eigenvalue weighted by Crippen LogP contribution is 2.17. The average molecular weight is 284 g/mol. The summed E-state index contributed by atoms with van der Waals surface area (Å²) in [5, 5.41) is 12.3. The lowest BCUT2D eigenvalue weighted by atomic mass is 10.0. The third-order valence-corrected chi connectivity index (χ3v) is 3.38. The van der Waals surface area contributed by atoms with Crippen molar-refractivity contribution in [3.05, 3.63) is 35.6 Å². The zero-order valence-corrected chi connectivity index (χ0v) is 12.3. The molecular weight excluding hydrogens is 259 g/mol. The maximum Gasteiger partial charge on any atom is 0.123 e. The lowest BCUT2D eigenvalue weighted by molar-refractivity contribution is 0.128. The van der Waals surface area contributed by atoms with Crippen molar-refractivity contribution in [2.24, 2.45) is 0 Å². The Labute approximate surface area is 120 Å². The molecule has 20 heavy (non-hydrogen) atoms. The first-order valence-electron chi connectivity index (χ1n) is 6.96. The van der Waals surface area contributed by atoms with Gasteiger partial charge in [0.05, 0.1) is 13.2 Å². The Bertz CT molecular complexity index is 359. The maximum absolute atomic E-state index is 12.9. The van der Waals surface area contributed by atoms with Crippen LogP contribution in [0.15, 0.2) is 24.3 Å². The van der Waals surface area contributed by atoms with E-state index in [-0.39, 0.29) is 18.5 Å². The number of nitrogens with zero attached hydrogens (tertiary/aromatic N) is 1. The molecule has 0 aromatic heterocycles. The van der Waals surface area contributed by atoms with Crippen LogP contribution in [0.1, 0.15) is 18.0 Å². The van der Waals surface area contributed by atoms with Crippen molar-refractivity contribution < 1.29 is 14.2 Å². The van der Waals surface area contributed by atoms with Crippen molar-refractivity contribution in [2.45, 2.75) is 12.5 Å². The smallest absolute Gasteiger partial charge is 0.123 e. The Morgan fingerprint density at radius 3 is 2.50 bits per heavy atom. The molecule has 0 radical (unpaired) electrons. The number of hydrogen-bond acceptors (Lipinski definition) is 4. The van der Waals surface area contributed by atoms with Gasteiger partial charge in [-0.25, -0.2) is 4.39 Å². The fraction of sp³-hybridized carbons (Fsp3) is 0.600. The highest BCUT2D eigenvalue weighted by Gasteiger charge is 2.12. The van der Waals surface area contributed by atoms with Crippen molar-refractivity contribution in [2.75, 3.05) is 47.0 Å². The van der Waals surface area contributed by atoms with Crippen molar-refractivity contribution >= 4 is 0 Å². The number of benzene rings is 1. The summed E-state index contributed by atoms with van der Waals surface area (Å²) in [5.41, 5.74) is 1.07. The minimum absolute atomic E-state index is 0.143. The Balaban J connectivity index is 2.51. The van der Waals surface area contributed by atoms with Crippen LogP contribution in [0.3, 0.4) is 0 Å². The van der Waals surface area contributed by atoms with Crippen molar-refractivity contribution in [3.8, 4) is 0 Å². The molecule has 0 saturated heterocycles.